The van der Waals surface area contributed by atoms with E-state index in [-0.39, 0.29) is 54.7 Å². The number of rotatable bonds is 7. The van der Waals surface area contributed by atoms with Gasteiger partial charge >= 0.3 is 6.01 Å². The molecule has 0 radical (unpaired) electrons. The van der Waals surface area contributed by atoms with E-state index in [0.29, 0.717) is 71.6 Å². The Morgan fingerprint density at radius 3 is 2.82 bits per heavy atom. The number of phenolic OH excluding ortho intramolecular Hbond substituents is 1. The molecule has 0 aliphatic carbocycles. The molecule has 7 rings (SSSR count). The lowest BCUT2D eigenvalue weighted by atomic mass is 9.95. The molecular weight excluding hydrogens is 568 g/mol. The fraction of sp³-hybridized carbons (Fsp3) is 0.545. The van der Waals surface area contributed by atoms with Gasteiger partial charge in [-0.05, 0) is 67.6 Å². The number of halogens is 2. The maximum atomic E-state index is 15.0. The summed E-state index contributed by atoms with van der Waals surface area (Å²) in [4.78, 5) is 29.6. The minimum absolute atomic E-state index is 0.0262. The van der Waals surface area contributed by atoms with Gasteiger partial charge in [-0.3, -0.25) is 9.69 Å². The summed E-state index contributed by atoms with van der Waals surface area (Å²) in [5, 5.41) is 21.9. The van der Waals surface area contributed by atoms with Crippen LogP contribution in [-0.4, -0.2) is 82.1 Å². The van der Waals surface area contributed by atoms with Gasteiger partial charge in [0.05, 0.1) is 23.5 Å². The van der Waals surface area contributed by atoms with Crippen molar-refractivity contribution in [2.45, 2.75) is 70.1 Å². The molecule has 1 aromatic heterocycles. The van der Waals surface area contributed by atoms with Gasteiger partial charge in [-0.1, -0.05) is 19.4 Å². The number of aliphatic hydroxyl groups excluding tert-OH is 1. The van der Waals surface area contributed by atoms with Crippen molar-refractivity contribution in [1.82, 2.24) is 14.9 Å². The minimum atomic E-state index is -0.885. The van der Waals surface area contributed by atoms with Gasteiger partial charge < -0.3 is 24.7 Å². The first kappa shape index (κ1) is 29.2. The van der Waals surface area contributed by atoms with Gasteiger partial charge in [-0.15, -0.1) is 0 Å². The number of phenols is 1. The summed E-state index contributed by atoms with van der Waals surface area (Å²) >= 11 is 0. The van der Waals surface area contributed by atoms with Crippen molar-refractivity contribution in [3.8, 4) is 11.8 Å². The number of carbonyl (C=O) groups is 1. The number of carbonyl (C=O) groups excluding carboxylic acids is 1. The zero-order valence-electron chi connectivity index (χ0n) is 25.1. The van der Waals surface area contributed by atoms with Crippen LogP contribution in [-0.2, 0) is 13.0 Å². The van der Waals surface area contributed by atoms with E-state index in [1.54, 1.807) is 12.1 Å². The van der Waals surface area contributed by atoms with E-state index < -0.39 is 6.17 Å². The van der Waals surface area contributed by atoms with Gasteiger partial charge in [0.2, 0.25) is 0 Å². The number of aryl methyl sites for hydroxylation is 1. The zero-order valence-corrected chi connectivity index (χ0v) is 25.1. The summed E-state index contributed by atoms with van der Waals surface area (Å²) in [5.74, 6) is -0.228. The number of aromatic hydroxyl groups is 1. The van der Waals surface area contributed by atoms with Crippen LogP contribution >= 0.6 is 0 Å². The number of alkyl halides is 1. The van der Waals surface area contributed by atoms with Crippen molar-refractivity contribution < 1.29 is 28.5 Å². The summed E-state index contributed by atoms with van der Waals surface area (Å²) in [5.41, 5.74) is 1.35. The first-order valence-electron chi connectivity index (χ1n) is 15.8. The van der Waals surface area contributed by atoms with E-state index >= 15 is 0 Å². The van der Waals surface area contributed by atoms with Crippen LogP contribution in [0.15, 0.2) is 24.3 Å². The molecule has 2 aromatic carbocycles. The normalized spacial score (nSPS) is 25.5. The number of ether oxygens (including phenoxy) is 1. The van der Waals surface area contributed by atoms with Crippen LogP contribution in [0.1, 0.15) is 67.1 Å². The number of nitrogens with zero attached hydrogens (tertiary/aromatic N) is 5. The van der Waals surface area contributed by atoms with Crippen LogP contribution in [0, 0.1) is 11.7 Å². The second-order valence-electron chi connectivity index (χ2n) is 12.8. The first-order chi connectivity index (χ1) is 21.3. The maximum Gasteiger partial charge on any atom is 0.318 e. The average molecular weight is 608 g/mol. The largest absolute Gasteiger partial charge is 0.508 e. The minimum Gasteiger partial charge on any atom is -0.508 e. The van der Waals surface area contributed by atoms with E-state index in [4.69, 9.17) is 14.7 Å². The SMILES string of the molecule is CCc1c(F)ccc2cc(O)cc(N3Cc4nc(OC[C@@]56CCCN5C[C@H](F)C6)nc(N5CCCC[C@@H](CO)C5)c4C3=O)c12. The van der Waals surface area contributed by atoms with Crippen LogP contribution in [0.4, 0.5) is 20.3 Å². The third-order valence-electron chi connectivity index (χ3n) is 10.0. The zero-order chi connectivity index (χ0) is 30.6. The van der Waals surface area contributed by atoms with Crippen LogP contribution in [0.5, 0.6) is 11.8 Å². The fourth-order valence-electron chi connectivity index (χ4n) is 7.90. The molecule has 4 aliphatic rings. The van der Waals surface area contributed by atoms with E-state index in [1.807, 2.05) is 11.8 Å². The molecule has 234 valence electrons. The molecule has 0 saturated carbocycles. The third kappa shape index (κ3) is 4.94. The lowest BCUT2D eigenvalue weighted by Crippen LogP contribution is -2.43. The van der Waals surface area contributed by atoms with Crippen LogP contribution in [0.25, 0.3) is 10.8 Å². The van der Waals surface area contributed by atoms with E-state index in [9.17, 15) is 23.8 Å². The molecule has 44 heavy (non-hydrogen) atoms. The van der Waals surface area contributed by atoms with Crippen LogP contribution < -0.4 is 14.5 Å². The Morgan fingerprint density at radius 2 is 2.00 bits per heavy atom. The molecule has 3 atom stereocenters. The summed E-state index contributed by atoms with van der Waals surface area (Å²) in [7, 11) is 0. The second kappa shape index (κ2) is 11.4. The van der Waals surface area contributed by atoms with Crippen LogP contribution in [0.3, 0.4) is 0 Å². The highest BCUT2D eigenvalue weighted by Gasteiger charge is 2.49. The summed E-state index contributed by atoms with van der Waals surface area (Å²) < 4.78 is 35.7. The molecule has 11 heteroatoms. The highest BCUT2D eigenvalue weighted by Crippen LogP contribution is 2.43. The average Bonchev–Trinajstić information content (AvgIpc) is 3.57. The van der Waals surface area contributed by atoms with E-state index in [2.05, 4.69) is 4.90 Å². The molecule has 9 nitrogen and oxygen atoms in total. The van der Waals surface area contributed by atoms with E-state index in [1.165, 1.54) is 17.0 Å². The van der Waals surface area contributed by atoms with Gasteiger partial charge in [0.25, 0.3) is 5.91 Å². The molecule has 0 unspecified atom stereocenters. The molecule has 0 spiro atoms. The number of hydrogen-bond acceptors (Lipinski definition) is 8. The molecule has 0 bridgehead atoms. The standard InChI is InChI=1S/C33H39F2N5O4/c1-2-24-25(35)8-7-21-12-23(42)13-27(28(21)24)40-17-26-29(31(40)43)30(38-10-4-3-6-20(15-38)18-41)37-32(36-26)44-19-33-9-5-11-39(33)16-22(34)14-33/h7-8,12-13,20,22,41-42H,2-6,9-11,14-19H2,1H3/t20-,22-,33+/m1/s1. The van der Waals surface area contributed by atoms with Crippen molar-refractivity contribution in [3.63, 3.8) is 0 Å². The molecular formula is C33H39F2N5O4. The number of anilines is 2. The van der Waals surface area contributed by atoms with Crippen LogP contribution in [0.2, 0.25) is 0 Å². The van der Waals surface area contributed by atoms with E-state index in [0.717, 1.165) is 38.6 Å². The monoisotopic (exact) mass is 607 g/mol. The predicted octanol–water partition coefficient (Wildman–Crippen LogP) is 4.75. The quantitative estimate of drug-likeness (QED) is 0.397. The summed E-state index contributed by atoms with van der Waals surface area (Å²) in [6.45, 7) is 4.71. The number of fused-ring (bicyclic) bond motifs is 3. The maximum absolute atomic E-state index is 15.0. The fourth-order valence-corrected chi connectivity index (χ4v) is 7.90. The van der Waals surface area contributed by atoms with Gasteiger partial charge in [0.1, 0.15) is 35.7 Å². The number of benzene rings is 2. The summed E-state index contributed by atoms with van der Waals surface area (Å²) in [6.07, 6.45) is 4.51. The first-order valence-corrected chi connectivity index (χ1v) is 15.8. The Hall–Kier alpha value is -3.57. The Morgan fingerprint density at radius 1 is 1.14 bits per heavy atom. The number of aliphatic hydroxyl groups is 1. The highest BCUT2D eigenvalue weighted by atomic mass is 19.1. The van der Waals surface area contributed by atoms with Gasteiger partial charge in [0, 0.05) is 44.1 Å². The molecule has 2 N–H and O–H groups in total. The van der Waals surface area contributed by atoms with Gasteiger partial charge in [-0.2, -0.15) is 9.97 Å². The molecule has 3 aromatic rings. The molecule has 4 aliphatic heterocycles. The Kier molecular flexibility index (Phi) is 7.56. The van der Waals surface area contributed by atoms with Crippen molar-refractivity contribution in [2.75, 3.05) is 49.2 Å². The number of hydrogen-bond donors (Lipinski definition) is 2. The van der Waals surface area contributed by atoms with Gasteiger partial charge in [-0.25, -0.2) is 8.78 Å². The smallest absolute Gasteiger partial charge is 0.318 e. The molecule has 5 heterocycles. The number of aromatic nitrogens is 2. The second-order valence-corrected chi connectivity index (χ2v) is 12.8. The lowest BCUT2D eigenvalue weighted by Gasteiger charge is -2.31. The Balaban J connectivity index is 1.30. The molecule has 3 saturated heterocycles. The summed E-state index contributed by atoms with van der Waals surface area (Å²) in [6, 6.07) is 6.22. The Bertz CT molecular complexity index is 1600. The van der Waals surface area contributed by atoms with Crippen molar-refractivity contribution in [1.29, 1.82) is 0 Å². The molecule has 3 fully saturated rings. The third-order valence-corrected chi connectivity index (χ3v) is 10.0. The van der Waals surface area contributed by atoms with Crippen molar-refractivity contribution >= 4 is 28.2 Å². The lowest BCUT2D eigenvalue weighted by molar-refractivity contribution is 0.0996. The van der Waals surface area contributed by atoms with Gasteiger partial charge in [0.15, 0.2) is 0 Å². The predicted molar refractivity (Wildman–Crippen MR) is 163 cm³/mol. The highest BCUT2D eigenvalue weighted by molar-refractivity contribution is 6.16. The van der Waals surface area contributed by atoms with Crippen molar-refractivity contribution in [3.05, 3.63) is 46.9 Å². The molecule has 1 amide bonds. The Labute approximate surface area is 255 Å². The van der Waals surface area contributed by atoms with Crippen molar-refractivity contribution in [2.24, 2.45) is 5.92 Å². The topological polar surface area (TPSA) is 102 Å². The number of amides is 1.